The number of isocyanates is 1. The second-order valence-corrected chi connectivity index (χ2v) is 27.2. The SMILES string of the molecule is CC(=O)Cl.CC(=O)NC1CC(=O)N(c2cnn3c2CN(C(=O)Nc2ccc(F)c(Cl)c2)[C@@H](C)C3)C1.CC(=O)NC1CC(=O)N(c2cnn3c2CN(C(=O)OC(C)(C)C)[C@@H](C)C3)C1.C[C@H]1Cn2ncc(N3CC(N)CC3=O)c2CN1C(=O)OC(C)(C)C.O=C=Nc1ccc(F)c(Cl)c1. The van der Waals surface area contributed by atoms with Crippen molar-refractivity contribution in [2.24, 2.45) is 10.7 Å². The number of nitrogens with zero attached hydrogens (tertiary/aromatic N) is 13. The van der Waals surface area contributed by atoms with Crippen LogP contribution in [0.3, 0.4) is 0 Å². The summed E-state index contributed by atoms with van der Waals surface area (Å²) in [7, 11) is 0. The van der Waals surface area contributed by atoms with Gasteiger partial charge in [0.05, 0.1) is 138 Å². The molecule has 3 saturated heterocycles. The van der Waals surface area contributed by atoms with Gasteiger partial charge in [-0.3, -0.25) is 52.6 Å². The van der Waals surface area contributed by atoms with Gasteiger partial charge in [0.1, 0.15) is 22.8 Å². The highest BCUT2D eigenvalue weighted by Gasteiger charge is 2.41. The number of carbonyl (C=O) groups excluding carboxylic acids is 10. The molecule has 524 valence electrons. The monoisotopic (exact) mass is 1410 g/mol. The van der Waals surface area contributed by atoms with E-state index < -0.39 is 22.8 Å². The van der Waals surface area contributed by atoms with Gasteiger partial charge in [-0.1, -0.05) is 23.2 Å². The lowest BCUT2D eigenvalue weighted by Gasteiger charge is -2.36. The van der Waals surface area contributed by atoms with Gasteiger partial charge in [0.25, 0.3) is 0 Å². The number of carbonyl (C=O) groups is 9. The molecule has 3 aromatic heterocycles. The summed E-state index contributed by atoms with van der Waals surface area (Å²) in [4.78, 5) is 130. The Morgan fingerprint density at radius 2 is 0.959 bits per heavy atom. The van der Waals surface area contributed by atoms with Crippen LogP contribution in [0.5, 0.6) is 0 Å². The van der Waals surface area contributed by atoms with Crippen LogP contribution >= 0.6 is 34.8 Å². The lowest BCUT2D eigenvalue weighted by atomic mass is 10.2. The number of halogens is 5. The lowest BCUT2D eigenvalue weighted by Crippen LogP contribution is -2.47. The molecule has 5 N–H and O–H groups in total. The number of fused-ring (bicyclic) bond motifs is 3. The number of aromatic nitrogens is 6. The minimum absolute atomic E-state index is 0.000685. The molecule has 9 amide bonds. The molecule has 0 saturated carbocycles. The van der Waals surface area contributed by atoms with Crippen molar-refractivity contribution in [2.45, 2.75) is 189 Å². The summed E-state index contributed by atoms with van der Waals surface area (Å²) in [6.45, 7) is 24.7. The Morgan fingerprint density at radius 3 is 1.32 bits per heavy atom. The molecule has 6 atom stereocenters. The first-order chi connectivity index (χ1) is 45.4. The van der Waals surface area contributed by atoms with E-state index in [0.717, 1.165) is 28.8 Å². The number of anilines is 4. The van der Waals surface area contributed by atoms with Crippen molar-refractivity contribution in [2.75, 3.05) is 39.7 Å². The fourth-order valence-corrected chi connectivity index (χ4v) is 11.6. The van der Waals surface area contributed by atoms with Gasteiger partial charge in [0.15, 0.2) is 0 Å². The smallest absolute Gasteiger partial charge is 0.410 e. The molecule has 11 rings (SSSR count). The van der Waals surface area contributed by atoms with Gasteiger partial charge in [-0.05, 0) is 110 Å². The van der Waals surface area contributed by atoms with E-state index in [9.17, 15) is 56.7 Å². The van der Waals surface area contributed by atoms with Crippen LogP contribution in [0.1, 0.15) is 119 Å². The highest BCUT2D eigenvalue weighted by atomic mass is 35.5. The standard InChI is InChI=1S/C20H22ClFN6O3.C18H27N5O4.C16H25N5O3.C7H3ClFNO.C2H3ClO/c1-11-8-28-18(10-26(11)20(31)25-13-3-4-16(22)15(21)5-13)17(7-23-28)27-9-14(6-19(27)30)24-12(2)29;1-11-8-23-15(10-21(11)17(26)27-18(3,4)5)14(7-19-23)22-9-13(6-16(22)25)20-12(2)24;1-10-7-21-13(9-19(10)15(23)24-16(2,3)4)12(6-18-21)20-8-11(17)5-14(20)22;8-6-3-5(10-4-11)1-2-7(6)9;1-2(3)4/h3-5,7,11,14H,6,8-10H2,1-2H3,(H,24,29)(H,25,31);7,11,13H,6,8-10H2,1-5H3,(H,20,24);6,10-11H,5,7-9,17H2,1-4H3;1-3H;1H3/t11-,14?;11-,13?;10-,11?;;/m000../s1. The number of hydrogen-bond acceptors (Lipinski definition) is 17. The van der Waals surface area contributed by atoms with Crippen LogP contribution in [-0.4, -0.2) is 170 Å². The second kappa shape index (κ2) is 31.9. The quantitative estimate of drug-likeness (QED) is 0.0683. The van der Waals surface area contributed by atoms with Gasteiger partial charge in [0, 0.05) is 71.4 Å². The first-order valence-corrected chi connectivity index (χ1v) is 32.1. The molecule has 34 heteroatoms. The number of hydrogen-bond donors (Lipinski definition) is 4. The van der Waals surface area contributed by atoms with Crippen LogP contribution in [0.2, 0.25) is 10.0 Å². The Balaban J connectivity index is 0.000000186. The molecular formula is C63H80Cl3F2N17O12. The van der Waals surface area contributed by atoms with E-state index >= 15 is 0 Å². The Bertz CT molecular complexity index is 3840. The number of nitrogens with two attached hydrogens (primary N) is 1. The predicted molar refractivity (Wildman–Crippen MR) is 354 cm³/mol. The van der Waals surface area contributed by atoms with Gasteiger partial charge in [-0.2, -0.15) is 20.3 Å². The van der Waals surface area contributed by atoms with Crippen LogP contribution in [0, 0.1) is 11.6 Å². The molecule has 6 aliphatic rings. The van der Waals surface area contributed by atoms with Crippen molar-refractivity contribution in [1.29, 1.82) is 0 Å². The van der Waals surface area contributed by atoms with Crippen molar-refractivity contribution >= 4 is 122 Å². The van der Waals surface area contributed by atoms with E-state index in [2.05, 4.69) is 47.8 Å². The maximum absolute atomic E-state index is 13.4. The first-order valence-electron chi connectivity index (χ1n) is 31.0. The molecule has 0 radical (unpaired) electrons. The molecule has 9 heterocycles. The molecule has 0 aliphatic carbocycles. The minimum Gasteiger partial charge on any atom is -0.444 e. The lowest BCUT2D eigenvalue weighted by molar-refractivity contribution is -0.121. The number of nitrogens with one attached hydrogen (secondary N) is 3. The maximum atomic E-state index is 13.4. The Morgan fingerprint density at radius 1 is 0.588 bits per heavy atom. The van der Waals surface area contributed by atoms with Gasteiger partial charge in [0.2, 0.25) is 40.9 Å². The fourth-order valence-electron chi connectivity index (χ4n) is 11.2. The average Bonchev–Trinajstić information content (AvgIpc) is 1.67. The van der Waals surface area contributed by atoms with Crippen LogP contribution in [0.4, 0.5) is 51.6 Å². The number of rotatable bonds is 7. The van der Waals surface area contributed by atoms with E-state index in [1.807, 2.05) is 71.7 Å². The van der Waals surface area contributed by atoms with E-state index in [4.69, 9.17) is 38.4 Å². The molecule has 3 unspecified atom stereocenters. The fraction of sp³-hybridized carbons (Fsp3) is 0.508. The van der Waals surface area contributed by atoms with Crippen LogP contribution in [0.15, 0.2) is 60.0 Å². The van der Waals surface area contributed by atoms with E-state index in [-0.39, 0.29) is 119 Å². The number of amides is 9. The highest BCUT2D eigenvalue weighted by Crippen LogP contribution is 2.35. The molecule has 6 aliphatic heterocycles. The van der Waals surface area contributed by atoms with Crippen LogP contribution in [0.25, 0.3) is 0 Å². The molecule has 5 aromatic rings. The highest BCUT2D eigenvalue weighted by molar-refractivity contribution is 6.62. The minimum atomic E-state index is -0.576. The third kappa shape index (κ3) is 20.0. The summed E-state index contributed by atoms with van der Waals surface area (Å²) in [6.07, 6.45) is 6.40. The Hall–Kier alpha value is -9.03. The number of aliphatic imine (C=N–C) groups is 1. The normalized spacial score (nSPS) is 20.2. The summed E-state index contributed by atoms with van der Waals surface area (Å²) in [5.41, 5.74) is 9.90. The zero-order valence-electron chi connectivity index (χ0n) is 55.8. The molecule has 3 fully saturated rings. The van der Waals surface area contributed by atoms with E-state index in [0.29, 0.717) is 81.5 Å². The summed E-state index contributed by atoms with van der Waals surface area (Å²) in [5.74, 6) is -1.60. The van der Waals surface area contributed by atoms with Crippen molar-refractivity contribution in [3.8, 4) is 0 Å². The van der Waals surface area contributed by atoms with Crippen molar-refractivity contribution in [1.82, 2.24) is 54.7 Å². The topological polar surface area (TPSA) is 337 Å². The molecule has 0 spiro atoms. The number of benzene rings is 2. The van der Waals surface area contributed by atoms with E-state index in [1.165, 1.54) is 57.2 Å². The third-order valence-electron chi connectivity index (χ3n) is 15.5. The molecule has 29 nitrogen and oxygen atoms in total. The van der Waals surface area contributed by atoms with Crippen molar-refractivity contribution < 1.29 is 66.2 Å². The van der Waals surface area contributed by atoms with Crippen molar-refractivity contribution in [3.63, 3.8) is 0 Å². The molecule has 0 bridgehead atoms. The van der Waals surface area contributed by atoms with E-state index in [1.54, 1.807) is 52.7 Å². The summed E-state index contributed by atoms with van der Waals surface area (Å²) < 4.78 is 42.3. The van der Waals surface area contributed by atoms with Gasteiger partial charge < -0.3 is 50.8 Å². The zero-order chi connectivity index (χ0) is 71.7. The molecule has 2 aromatic carbocycles. The second-order valence-electron chi connectivity index (χ2n) is 25.9. The Labute approximate surface area is 573 Å². The van der Waals surface area contributed by atoms with Gasteiger partial charge in [-0.25, -0.2) is 28.0 Å². The molecule has 97 heavy (non-hydrogen) atoms. The van der Waals surface area contributed by atoms with Crippen molar-refractivity contribution in [3.05, 3.63) is 93.8 Å². The van der Waals surface area contributed by atoms with Crippen LogP contribution < -0.4 is 36.4 Å². The zero-order valence-corrected chi connectivity index (χ0v) is 58.1. The third-order valence-corrected chi connectivity index (χ3v) is 16.1. The summed E-state index contributed by atoms with van der Waals surface area (Å²) in [5, 5.41) is 21.0. The van der Waals surface area contributed by atoms with Crippen LogP contribution in [-0.2, 0) is 82.3 Å². The largest absolute Gasteiger partial charge is 0.444 e. The summed E-state index contributed by atoms with van der Waals surface area (Å²) in [6, 6.07) is 6.46. The number of urea groups is 1. The first kappa shape index (κ1) is 75.4. The average molecular weight is 1410 g/mol. The van der Waals surface area contributed by atoms with Gasteiger partial charge >= 0.3 is 18.2 Å². The Kier molecular flexibility index (Phi) is 24.8. The maximum Gasteiger partial charge on any atom is 0.410 e. The predicted octanol–water partition coefficient (Wildman–Crippen LogP) is 7.92. The number of ether oxygens (including phenoxy) is 2. The van der Waals surface area contributed by atoms with Gasteiger partial charge in [-0.15, -0.1) is 0 Å². The summed E-state index contributed by atoms with van der Waals surface area (Å²) >= 11 is 15.8. The molecular weight excluding hydrogens is 1330 g/mol.